The summed E-state index contributed by atoms with van der Waals surface area (Å²) in [5, 5.41) is 0. The highest BCUT2D eigenvalue weighted by Gasteiger charge is 2.18. The highest BCUT2D eigenvalue weighted by molar-refractivity contribution is 9.10. The Labute approximate surface area is 138 Å². The van der Waals surface area contributed by atoms with Gasteiger partial charge in [-0.05, 0) is 39.0 Å². The molecule has 0 unspecified atom stereocenters. The summed E-state index contributed by atoms with van der Waals surface area (Å²) in [6.45, 7) is 6.59. The molecule has 0 amide bonds. The Morgan fingerprint density at radius 1 is 1.18 bits per heavy atom. The van der Waals surface area contributed by atoms with Crippen LogP contribution in [0.5, 0.6) is 5.75 Å². The quantitative estimate of drug-likeness (QED) is 0.677. The van der Waals surface area contributed by atoms with Crippen LogP contribution in [0.1, 0.15) is 26.3 Å². The van der Waals surface area contributed by atoms with Crippen LogP contribution >= 0.6 is 15.9 Å². The number of fused-ring (bicyclic) bond motifs is 1. The number of imidazole rings is 1. The van der Waals surface area contributed by atoms with Gasteiger partial charge in [0.15, 0.2) is 0 Å². The number of aromatic nitrogens is 3. The second-order valence-electron chi connectivity index (χ2n) is 6.27. The largest absolute Gasteiger partial charge is 0.496 e. The molecule has 0 aliphatic heterocycles. The van der Waals surface area contributed by atoms with Crippen molar-refractivity contribution in [3.63, 3.8) is 0 Å². The lowest BCUT2D eigenvalue weighted by Crippen LogP contribution is -2.11. The Bertz CT molecular complexity index is 834. The molecule has 0 saturated carbocycles. The highest BCUT2D eigenvalue weighted by atomic mass is 79.9. The molecule has 2 heterocycles. The van der Waals surface area contributed by atoms with Crippen molar-refractivity contribution in [1.29, 1.82) is 0 Å². The molecule has 22 heavy (non-hydrogen) atoms. The molecule has 0 N–H and O–H groups in total. The summed E-state index contributed by atoms with van der Waals surface area (Å²) in [7, 11) is 1.68. The van der Waals surface area contributed by atoms with Crippen LogP contribution in [-0.4, -0.2) is 21.5 Å². The van der Waals surface area contributed by atoms with Crippen molar-refractivity contribution >= 4 is 21.7 Å². The maximum Gasteiger partial charge on any atom is 0.234 e. The van der Waals surface area contributed by atoms with Gasteiger partial charge in [0, 0.05) is 24.2 Å². The first-order valence-electron chi connectivity index (χ1n) is 7.07. The second-order valence-corrected chi connectivity index (χ2v) is 7.19. The van der Waals surface area contributed by atoms with Crippen molar-refractivity contribution in [3.8, 4) is 17.0 Å². The number of ether oxygens (including phenoxy) is 1. The lowest BCUT2D eigenvalue weighted by molar-refractivity contribution is 0.415. The molecule has 0 bridgehead atoms. The van der Waals surface area contributed by atoms with Gasteiger partial charge in [-0.25, -0.2) is 9.97 Å². The summed E-state index contributed by atoms with van der Waals surface area (Å²) in [5.74, 6) is 1.48. The van der Waals surface area contributed by atoms with Crippen LogP contribution in [0.2, 0.25) is 0 Å². The minimum absolute atomic E-state index is 0.0709. The molecule has 0 saturated heterocycles. The van der Waals surface area contributed by atoms with Crippen molar-refractivity contribution in [2.24, 2.45) is 0 Å². The molecule has 0 atom stereocenters. The SMILES string of the molecule is COc1ccc(C(C)(C)C)cc1-c1cn2cc(Br)cnc2n1. The van der Waals surface area contributed by atoms with Gasteiger partial charge >= 0.3 is 0 Å². The van der Waals surface area contributed by atoms with E-state index in [1.54, 1.807) is 13.3 Å². The van der Waals surface area contributed by atoms with Gasteiger partial charge in [0.2, 0.25) is 5.78 Å². The van der Waals surface area contributed by atoms with E-state index in [0.717, 1.165) is 21.5 Å². The van der Waals surface area contributed by atoms with E-state index in [0.29, 0.717) is 5.78 Å². The molecule has 0 aliphatic carbocycles. The maximum absolute atomic E-state index is 5.51. The molecule has 0 radical (unpaired) electrons. The molecule has 0 aliphatic rings. The highest BCUT2D eigenvalue weighted by Crippen LogP contribution is 2.34. The zero-order chi connectivity index (χ0) is 15.9. The van der Waals surface area contributed by atoms with Crippen molar-refractivity contribution in [2.45, 2.75) is 26.2 Å². The predicted molar refractivity (Wildman–Crippen MR) is 91.4 cm³/mol. The average Bonchev–Trinajstić information content (AvgIpc) is 2.88. The monoisotopic (exact) mass is 359 g/mol. The van der Waals surface area contributed by atoms with Crippen molar-refractivity contribution in [2.75, 3.05) is 7.11 Å². The van der Waals surface area contributed by atoms with Crippen molar-refractivity contribution in [3.05, 3.63) is 46.8 Å². The van der Waals surface area contributed by atoms with Crippen molar-refractivity contribution < 1.29 is 4.74 Å². The van der Waals surface area contributed by atoms with Gasteiger partial charge in [0.05, 0.1) is 17.3 Å². The topological polar surface area (TPSA) is 39.4 Å². The molecule has 5 heteroatoms. The number of hydrogen-bond donors (Lipinski definition) is 0. The van der Waals surface area contributed by atoms with Gasteiger partial charge < -0.3 is 4.74 Å². The van der Waals surface area contributed by atoms with E-state index in [1.807, 2.05) is 22.9 Å². The van der Waals surface area contributed by atoms with Crippen LogP contribution in [-0.2, 0) is 5.41 Å². The van der Waals surface area contributed by atoms with E-state index >= 15 is 0 Å². The van der Waals surface area contributed by atoms with Gasteiger partial charge in [-0.2, -0.15) is 0 Å². The standard InChI is InChI=1S/C17H18BrN3O/c1-17(2,3)11-5-6-15(22-4)13(7-11)14-10-21-9-12(18)8-19-16(21)20-14/h5-10H,1-4H3. The maximum atomic E-state index is 5.51. The van der Waals surface area contributed by atoms with E-state index in [1.165, 1.54) is 5.56 Å². The Morgan fingerprint density at radius 3 is 2.64 bits per heavy atom. The average molecular weight is 360 g/mol. The molecule has 2 aromatic heterocycles. The molecular formula is C17H18BrN3O. The number of methoxy groups -OCH3 is 1. The molecule has 3 rings (SSSR count). The number of benzene rings is 1. The summed E-state index contributed by atoms with van der Waals surface area (Å²) >= 11 is 3.43. The van der Waals surface area contributed by atoms with Crippen LogP contribution in [0.25, 0.3) is 17.0 Å². The number of hydrogen-bond acceptors (Lipinski definition) is 3. The lowest BCUT2D eigenvalue weighted by Gasteiger charge is -2.20. The van der Waals surface area contributed by atoms with Gasteiger partial charge in [0.1, 0.15) is 5.75 Å². The molecule has 0 spiro atoms. The molecule has 3 aromatic rings. The normalized spacial score (nSPS) is 11.9. The first-order chi connectivity index (χ1) is 10.4. The summed E-state index contributed by atoms with van der Waals surface area (Å²) < 4.78 is 8.33. The Hall–Kier alpha value is -1.88. The third kappa shape index (κ3) is 2.73. The minimum atomic E-state index is 0.0709. The van der Waals surface area contributed by atoms with Crippen LogP contribution in [0, 0.1) is 0 Å². The van der Waals surface area contributed by atoms with Gasteiger partial charge in [-0.1, -0.05) is 26.8 Å². The summed E-state index contributed by atoms with van der Waals surface area (Å²) in [5.41, 5.74) is 3.15. The molecule has 4 nitrogen and oxygen atoms in total. The summed E-state index contributed by atoms with van der Waals surface area (Å²) in [4.78, 5) is 8.92. The Morgan fingerprint density at radius 2 is 1.95 bits per heavy atom. The summed E-state index contributed by atoms with van der Waals surface area (Å²) in [6.07, 6.45) is 5.66. The third-order valence-corrected chi connectivity index (χ3v) is 4.03. The van der Waals surface area contributed by atoms with E-state index in [2.05, 4.69) is 58.8 Å². The smallest absolute Gasteiger partial charge is 0.234 e. The lowest BCUT2D eigenvalue weighted by atomic mass is 9.86. The zero-order valence-electron chi connectivity index (χ0n) is 13.1. The number of halogens is 1. The number of rotatable bonds is 2. The molecular weight excluding hydrogens is 342 g/mol. The van der Waals surface area contributed by atoms with Crippen LogP contribution < -0.4 is 4.74 Å². The van der Waals surface area contributed by atoms with Crippen LogP contribution in [0.4, 0.5) is 0 Å². The summed E-state index contributed by atoms with van der Waals surface area (Å²) in [6, 6.07) is 6.26. The zero-order valence-corrected chi connectivity index (χ0v) is 14.7. The van der Waals surface area contributed by atoms with Gasteiger partial charge in [0.25, 0.3) is 0 Å². The molecule has 114 valence electrons. The first kappa shape index (κ1) is 15.0. The Balaban J connectivity index is 2.19. The fraction of sp³-hybridized carbons (Fsp3) is 0.294. The van der Waals surface area contributed by atoms with Crippen molar-refractivity contribution in [1.82, 2.24) is 14.4 Å². The Kier molecular flexibility index (Phi) is 3.68. The minimum Gasteiger partial charge on any atom is -0.496 e. The van der Waals surface area contributed by atoms with Crippen LogP contribution in [0.15, 0.2) is 41.3 Å². The fourth-order valence-electron chi connectivity index (χ4n) is 2.36. The second kappa shape index (κ2) is 5.39. The number of nitrogens with zero attached hydrogens (tertiary/aromatic N) is 3. The van der Waals surface area contributed by atoms with Gasteiger partial charge in [-0.3, -0.25) is 4.40 Å². The first-order valence-corrected chi connectivity index (χ1v) is 7.87. The van der Waals surface area contributed by atoms with E-state index in [4.69, 9.17) is 4.74 Å². The molecule has 1 aromatic carbocycles. The van der Waals surface area contributed by atoms with E-state index in [9.17, 15) is 0 Å². The van der Waals surface area contributed by atoms with E-state index < -0.39 is 0 Å². The van der Waals surface area contributed by atoms with Crippen LogP contribution in [0.3, 0.4) is 0 Å². The van der Waals surface area contributed by atoms with E-state index in [-0.39, 0.29) is 5.41 Å². The predicted octanol–water partition coefficient (Wildman–Crippen LogP) is 4.46. The third-order valence-electron chi connectivity index (χ3n) is 3.62. The molecule has 0 fully saturated rings. The fourth-order valence-corrected chi connectivity index (χ4v) is 2.69. The van der Waals surface area contributed by atoms with Gasteiger partial charge in [-0.15, -0.1) is 0 Å².